The van der Waals surface area contributed by atoms with E-state index in [0.29, 0.717) is 11.3 Å². The molecule has 16 heavy (non-hydrogen) atoms. The van der Waals surface area contributed by atoms with Crippen LogP contribution in [-0.2, 0) is 6.61 Å². The van der Waals surface area contributed by atoms with Crippen molar-refractivity contribution in [3.63, 3.8) is 0 Å². The van der Waals surface area contributed by atoms with Gasteiger partial charge in [0.2, 0.25) is 0 Å². The Morgan fingerprint density at radius 3 is 2.56 bits per heavy atom. The standard InChI is InChI=1S/C11H14N2O.C2H6/c1-3-5-10-9(4-2)11(12)8(7-14)6-13-10;1-2/h3-6,14H,1,7,12H2,2H3;1-2H3/b9-4+,10-5+;. The predicted molar refractivity (Wildman–Crippen MR) is 70.0 cm³/mol. The summed E-state index contributed by atoms with van der Waals surface area (Å²) >= 11 is 0. The van der Waals surface area contributed by atoms with Crippen molar-refractivity contribution in [3.05, 3.63) is 35.0 Å². The third kappa shape index (κ3) is 3.21. The normalized spacial score (nSPS) is 12.0. The number of anilines is 1. The van der Waals surface area contributed by atoms with Crippen LogP contribution in [0.2, 0.25) is 0 Å². The maximum Gasteiger partial charge on any atom is 0.0719 e. The van der Waals surface area contributed by atoms with Gasteiger partial charge in [-0.2, -0.15) is 0 Å². The van der Waals surface area contributed by atoms with E-state index in [0.717, 1.165) is 10.6 Å². The summed E-state index contributed by atoms with van der Waals surface area (Å²) in [5.74, 6) is 0. The van der Waals surface area contributed by atoms with Gasteiger partial charge in [-0.15, -0.1) is 0 Å². The number of nitrogens with two attached hydrogens (primary N) is 1. The highest BCUT2D eigenvalue weighted by Crippen LogP contribution is 2.00. The molecule has 0 aliphatic heterocycles. The second kappa shape index (κ2) is 7.65. The number of nitrogen functional groups attached to an aromatic ring is 1. The van der Waals surface area contributed by atoms with Gasteiger partial charge in [0.15, 0.2) is 0 Å². The molecule has 0 spiro atoms. The van der Waals surface area contributed by atoms with E-state index in [1.54, 1.807) is 18.3 Å². The number of rotatable bonds is 2. The largest absolute Gasteiger partial charge is 0.398 e. The Labute approximate surface area is 96.6 Å². The number of allylic oxidation sites excluding steroid dienone is 1. The number of aliphatic hydroxyl groups excluding tert-OH is 1. The molecule has 3 heteroatoms. The van der Waals surface area contributed by atoms with Crippen molar-refractivity contribution < 1.29 is 5.11 Å². The molecule has 0 atom stereocenters. The summed E-state index contributed by atoms with van der Waals surface area (Å²) < 4.78 is 0. The zero-order valence-electron chi connectivity index (χ0n) is 10.2. The number of hydrogen-bond acceptors (Lipinski definition) is 3. The molecule has 1 aromatic heterocycles. The van der Waals surface area contributed by atoms with Crippen molar-refractivity contribution in [1.29, 1.82) is 0 Å². The van der Waals surface area contributed by atoms with Crippen molar-refractivity contribution in [1.82, 2.24) is 4.98 Å². The van der Waals surface area contributed by atoms with E-state index < -0.39 is 0 Å². The molecule has 0 aromatic carbocycles. The van der Waals surface area contributed by atoms with Crippen molar-refractivity contribution in [2.75, 3.05) is 5.73 Å². The van der Waals surface area contributed by atoms with E-state index in [1.807, 2.05) is 26.8 Å². The first-order valence-electron chi connectivity index (χ1n) is 5.38. The third-order valence-electron chi connectivity index (χ3n) is 2.01. The second-order valence-corrected chi connectivity index (χ2v) is 2.85. The number of nitrogens with zero attached hydrogens (tertiary/aromatic N) is 1. The van der Waals surface area contributed by atoms with Crippen molar-refractivity contribution in [2.24, 2.45) is 0 Å². The van der Waals surface area contributed by atoms with Crippen molar-refractivity contribution in [3.8, 4) is 0 Å². The molecule has 0 saturated carbocycles. The SMILES string of the molecule is C=C/C=c1/ncc(CO)c(N)/c1=C/C.CC. The molecule has 0 fully saturated rings. The second-order valence-electron chi connectivity index (χ2n) is 2.85. The van der Waals surface area contributed by atoms with Crippen LogP contribution in [0, 0.1) is 0 Å². The van der Waals surface area contributed by atoms with Crippen LogP contribution in [0.15, 0.2) is 18.9 Å². The number of aliphatic hydroxyl groups is 1. The maximum absolute atomic E-state index is 8.99. The lowest BCUT2D eigenvalue weighted by molar-refractivity contribution is 0.282. The van der Waals surface area contributed by atoms with E-state index in [1.165, 1.54) is 0 Å². The first-order valence-corrected chi connectivity index (χ1v) is 5.38. The minimum Gasteiger partial charge on any atom is -0.398 e. The lowest BCUT2D eigenvalue weighted by atomic mass is 10.2. The molecule has 0 radical (unpaired) electrons. The highest BCUT2D eigenvalue weighted by atomic mass is 16.3. The monoisotopic (exact) mass is 220 g/mol. The number of hydrogen-bond donors (Lipinski definition) is 2. The molecule has 3 nitrogen and oxygen atoms in total. The third-order valence-corrected chi connectivity index (χ3v) is 2.01. The fourth-order valence-corrected chi connectivity index (χ4v) is 1.27. The van der Waals surface area contributed by atoms with E-state index in [4.69, 9.17) is 10.8 Å². The number of aromatic nitrogens is 1. The lowest BCUT2D eigenvalue weighted by Crippen LogP contribution is -2.31. The van der Waals surface area contributed by atoms with Gasteiger partial charge in [-0.3, -0.25) is 4.98 Å². The summed E-state index contributed by atoms with van der Waals surface area (Å²) in [6.45, 7) is 9.40. The topological polar surface area (TPSA) is 59.1 Å². The minimum atomic E-state index is -0.0892. The quantitative estimate of drug-likeness (QED) is 0.780. The molecule has 0 aliphatic rings. The Bertz CT molecular complexity index is 450. The van der Waals surface area contributed by atoms with Crippen LogP contribution in [0.5, 0.6) is 0 Å². The molecule has 1 rings (SSSR count). The zero-order valence-corrected chi connectivity index (χ0v) is 10.2. The van der Waals surface area contributed by atoms with Gasteiger partial charge in [-0.25, -0.2) is 0 Å². The van der Waals surface area contributed by atoms with Crippen LogP contribution in [0.3, 0.4) is 0 Å². The lowest BCUT2D eigenvalue weighted by Gasteiger charge is -2.02. The Balaban J connectivity index is 0.00000106. The van der Waals surface area contributed by atoms with Crippen LogP contribution in [0.4, 0.5) is 5.69 Å². The maximum atomic E-state index is 8.99. The van der Waals surface area contributed by atoms with Gasteiger partial charge in [-0.1, -0.05) is 32.6 Å². The van der Waals surface area contributed by atoms with E-state index in [9.17, 15) is 0 Å². The Morgan fingerprint density at radius 2 is 2.12 bits per heavy atom. The highest BCUT2D eigenvalue weighted by Gasteiger charge is 1.99. The first kappa shape index (κ1) is 14.4. The Hall–Kier alpha value is -1.61. The van der Waals surface area contributed by atoms with E-state index in [2.05, 4.69) is 11.6 Å². The number of pyridine rings is 1. The summed E-state index contributed by atoms with van der Waals surface area (Å²) in [5.41, 5.74) is 7.08. The highest BCUT2D eigenvalue weighted by molar-refractivity contribution is 5.51. The van der Waals surface area contributed by atoms with Gasteiger partial charge in [-0.05, 0) is 13.0 Å². The molecule has 0 amide bonds. The Morgan fingerprint density at radius 1 is 1.50 bits per heavy atom. The van der Waals surface area contributed by atoms with Crippen molar-refractivity contribution >= 4 is 17.8 Å². The van der Waals surface area contributed by atoms with Crippen LogP contribution in [0.25, 0.3) is 12.2 Å². The summed E-state index contributed by atoms with van der Waals surface area (Å²) in [5, 5.41) is 10.6. The van der Waals surface area contributed by atoms with Gasteiger partial charge in [0.05, 0.1) is 12.0 Å². The van der Waals surface area contributed by atoms with Crippen LogP contribution in [-0.4, -0.2) is 10.1 Å². The summed E-state index contributed by atoms with van der Waals surface area (Å²) in [4.78, 5) is 4.17. The zero-order chi connectivity index (χ0) is 12.6. The van der Waals surface area contributed by atoms with E-state index >= 15 is 0 Å². The first-order chi connectivity index (χ1) is 7.74. The predicted octanol–water partition coefficient (Wildman–Crippen LogP) is 0.949. The van der Waals surface area contributed by atoms with Crippen LogP contribution >= 0.6 is 0 Å². The molecule has 1 heterocycles. The molecule has 3 N–H and O–H groups in total. The fourth-order valence-electron chi connectivity index (χ4n) is 1.27. The summed E-state index contributed by atoms with van der Waals surface area (Å²) in [6, 6.07) is 0. The molecule has 1 aromatic rings. The summed E-state index contributed by atoms with van der Waals surface area (Å²) in [6.07, 6.45) is 6.90. The summed E-state index contributed by atoms with van der Waals surface area (Å²) in [7, 11) is 0. The van der Waals surface area contributed by atoms with E-state index in [-0.39, 0.29) is 6.61 Å². The van der Waals surface area contributed by atoms with Gasteiger partial charge >= 0.3 is 0 Å². The van der Waals surface area contributed by atoms with Gasteiger partial charge < -0.3 is 10.8 Å². The molecular formula is C13H20N2O. The molecular weight excluding hydrogens is 200 g/mol. The molecule has 0 bridgehead atoms. The Kier molecular flexibility index (Phi) is 6.88. The molecule has 88 valence electrons. The average molecular weight is 220 g/mol. The van der Waals surface area contributed by atoms with Gasteiger partial charge in [0, 0.05) is 22.7 Å². The van der Waals surface area contributed by atoms with Crippen LogP contribution in [0.1, 0.15) is 26.3 Å². The van der Waals surface area contributed by atoms with Gasteiger partial charge in [0.25, 0.3) is 0 Å². The minimum absolute atomic E-state index is 0.0892. The fraction of sp³-hybridized carbons (Fsp3) is 0.308. The average Bonchev–Trinajstić information content (AvgIpc) is 2.33. The van der Waals surface area contributed by atoms with Crippen molar-refractivity contribution in [2.45, 2.75) is 27.4 Å². The molecule has 0 aliphatic carbocycles. The smallest absolute Gasteiger partial charge is 0.0719 e. The molecule has 0 saturated heterocycles. The van der Waals surface area contributed by atoms with Gasteiger partial charge in [0.1, 0.15) is 0 Å². The molecule has 0 unspecified atom stereocenters. The van der Waals surface area contributed by atoms with Crippen LogP contribution < -0.4 is 16.3 Å².